The van der Waals surface area contributed by atoms with E-state index in [1.807, 2.05) is 24.8 Å². The quantitative estimate of drug-likeness (QED) is 0.925. The minimum absolute atomic E-state index is 0.00500. The standard InChI is InChI=1S/C16H23N3O2/c1-3-5-15(20)19-9-4-6-13(11-19)16(21)18-14-7-8-17-12(2)10-14/h7-8,10,13H,3-6,9,11H2,1-2H3,(H,17,18,21). The third kappa shape index (κ3) is 4.28. The van der Waals surface area contributed by atoms with Crippen molar-refractivity contribution in [3.63, 3.8) is 0 Å². The Bertz CT molecular complexity index is 516. The number of aryl methyl sites for hydroxylation is 1. The predicted octanol–water partition coefficient (Wildman–Crippen LogP) is 2.37. The van der Waals surface area contributed by atoms with E-state index in [-0.39, 0.29) is 17.7 Å². The van der Waals surface area contributed by atoms with Gasteiger partial charge in [0.2, 0.25) is 11.8 Å². The van der Waals surface area contributed by atoms with Gasteiger partial charge in [0.05, 0.1) is 5.92 Å². The van der Waals surface area contributed by atoms with Crippen LogP contribution in [-0.4, -0.2) is 34.8 Å². The van der Waals surface area contributed by atoms with Gasteiger partial charge in [0.1, 0.15) is 0 Å². The normalized spacial score (nSPS) is 18.4. The molecule has 2 heterocycles. The number of carbonyl (C=O) groups is 2. The molecule has 5 nitrogen and oxygen atoms in total. The molecule has 1 saturated heterocycles. The van der Waals surface area contributed by atoms with Gasteiger partial charge >= 0.3 is 0 Å². The van der Waals surface area contributed by atoms with Gasteiger partial charge in [-0.2, -0.15) is 0 Å². The van der Waals surface area contributed by atoms with Crippen molar-refractivity contribution in [3.05, 3.63) is 24.0 Å². The van der Waals surface area contributed by atoms with E-state index in [9.17, 15) is 9.59 Å². The van der Waals surface area contributed by atoms with Crippen molar-refractivity contribution in [1.82, 2.24) is 9.88 Å². The Kier molecular flexibility index (Phi) is 5.31. The Morgan fingerprint density at radius 1 is 1.48 bits per heavy atom. The van der Waals surface area contributed by atoms with Gasteiger partial charge in [-0.05, 0) is 38.3 Å². The number of nitrogens with one attached hydrogen (secondary N) is 1. The lowest BCUT2D eigenvalue weighted by Crippen LogP contribution is -2.43. The molecule has 0 radical (unpaired) electrons. The number of carbonyl (C=O) groups excluding carboxylic acids is 2. The number of aromatic nitrogens is 1. The summed E-state index contributed by atoms with van der Waals surface area (Å²) >= 11 is 0. The summed E-state index contributed by atoms with van der Waals surface area (Å²) in [7, 11) is 0. The topological polar surface area (TPSA) is 62.3 Å². The fourth-order valence-electron chi connectivity index (χ4n) is 2.66. The molecule has 2 rings (SSSR count). The molecule has 5 heteroatoms. The third-order valence-electron chi connectivity index (χ3n) is 3.77. The Balaban J connectivity index is 1.94. The fourth-order valence-corrected chi connectivity index (χ4v) is 2.66. The van der Waals surface area contributed by atoms with E-state index in [1.54, 1.807) is 12.3 Å². The first-order chi connectivity index (χ1) is 10.1. The Morgan fingerprint density at radius 2 is 2.29 bits per heavy atom. The van der Waals surface area contributed by atoms with Gasteiger partial charge in [0.25, 0.3) is 0 Å². The minimum Gasteiger partial charge on any atom is -0.342 e. The van der Waals surface area contributed by atoms with Crippen LogP contribution in [0.3, 0.4) is 0 Å². The Labute approximate surface area is 125 Å². The summed E-state index contributed by atoms with van der Waals surface area (Å²) in [5, 5.41) is 2.93. The molecular weight excluding hydrogens is 266 g/mol. The van der Waals surface area contributed by atoms with Gasteiger partial charge in [-0.25, -0.2) is 0 Å². The summed E-state index contributed by atoms with van der Waals surface area (Å²) in [4.78, 5) is 30.2. The van der Waals surface area contributed by atoms with E-state index in [0.717, 1.165) is 37.2 Å². The van der Waals surface area contributed by atoms with Crippen molar-refractivity contribution in [1.29, 1.82) is 0 Å². The number of piperidine rings is 1. The summed E-state index contributed by atoms with van der Waals surface area (Å²) < 4.78 is 0. The van der Waals surface area contributed by atoms with E-state index < -0.39 is 0 Å². The zero-order chi connectivity index (χ0) is 15.2. The molecule has 0 spiro atoms. The SMILES string of the molecule is CCCC(=O)N1CCCC(C(=O)Nc2ccnc(C)c2)C1. The van der Waals surface area contributed by atoms with Crippen LogP contribution in [0.5, 0.6) is 0 Å². The maximum absolute atomic E-state index is 12.3. The number of amides is 2. The zero-order valence-electron chi connectivity index (χ0n) is 12.8. The van der Waals surface area contributed by atoms with E-state index >= 15 is 0 Å². The van der Waals surface area contributed by atoms with Crippen LogP contribution in [-0.2, 0) is 9.59 Å². The molecule has 1 aliphatic heterocycles. The first kappa shape index (κ1) is 15.5. The van der Waals surface area contributed by atoms with Gasteiger partial charge in [-0.1, -0.05) is 6.92 Å². The molecule has 0 aliphatic carbocycles. The third-order valence-corrected chi connectivity index (χ3v) is 3.77. The fraction of sp³-hybridized carbons (Fsp3) is 0.562. The Hall–Kier alpha value is -1.91. The second-order valence-electron chi connectivity index (χ2n) is 5.60. The van der Waals surface area contributed by atoms with Crippen LogP contribution in [0.25, 0.3) is 0 Å². The number of likely N-dealkylation sites (tertiary alicyclic amines) is 1. The lowest BCUT2D eigenvalue weighted by molar-refractivity contribution is -0.134. The molecule has 1 aromatic heterocycles. The van der Waals surface area contributed by atoms with Gasteiger partial charge in [-0.15, -0.1) is 0 Å². The van der Waals surface area contributed by atoms with E-state index in [0.29, 0.717) is 13.0 Å². The molecule has 1 atom stereocenters. The highest BCUT2D eigenvalue weighted by atomic mass is 16.2. The van der Waals surface area contributed by atoms with Gasteiger partial charge in [0.15, 0.2) is 0 Å². The second kappa shape index (κ2) is 7.20. The number of rotatable bonds is 4. The smallest absolute Gasteiger partial charge is 0.229 e. The number of nitrogens with zero attached hydrogens (tertiary/aromatic N) is 2. The van der Waals surface area contributed by atoms with Crippen LogP contribution in [0.4, 0.5) is 5.69 Å². The average Bonchev–Trinajstić information content (AvgIpc) is 2.47. The monoisotopic (exact) mass is 289 g/mol. The molecule has 114 valence electrons. The first-order valence-electron chi connectivity index (χ1n) is 7.61. The summed E-state index contributed by atoms with van der Waals surface area (Å²) in [6.07, 6.45) is 4.83. The number of anilines is 1. The molecular formula is C16H23N3O2. The van der Waals surface area contributed by atoms with Crippen molar-refractivity contribution in [3.8, 4) is 0 Å². The summed E-state index contributed by atoms with van der Waals surface area (Å²) in [6.45, 7) is 5.20. The predicted molar refractivity (Wildman–Crippen MR) is 81.8 cm³/mol. The van der Waals surface area contributed by atoms with E-state index in [4.69, 9.17) is 0 Å². The molecule has 1 aromatic rings. The van der Waals surface area contributed by atoms with Gasteiger partial charge in [0, 0.05) is 37.1 Å². The lowest BCUT2D eigenvalue weighted by atomic mass is 9.96. The number of pyridine rings is 1. The molecule has 0 aromatic carbocycles. The molecule has 21 heavy (non-hydrogen) atoms. The molecule has 1 unspecified atom stereocenters. The highest BCUT2D eigenvalue weighted by molar-refractivity contribution is 5.93. The van der Waals surface area contributed by atoms with Crippen molar-refractivity contribution >= 4 is 17.5 Å². The van der Waals surface area contributed by atoms with Crippen LogP contribution < -0.4 is 5.32 Å². The average molecular weight is 289 g/mol. The second-order valence-corrected chi connectivity index (χ2v) is 5.60. The maximum atomic E-state index is 12.3. The summed E-state index contributed by atoms with van der Waals surface area (Å²) in [5.74, 6) is 0.0392. The highest BCUT2D eigenvalue weighted by Gasteiger charge is 2.28. The van der Waals surface area contributed by atoms with Crippen molar-refractivity contribution in [2.75, 3.05) is 18.4 Å². The minimum atomic E-state index is -0.118. The van der Waals surface area contributed by atoms with Crippen LogP contribution >= 0.6 is 0 Å². The summed E-state index contributed by atoms with van der Waals surface area (Å²) in [5.41, 5.74) is 1.64. The van der Waals surface area contributed by atoms with Gasteiger partial charge in [-0.3, -0.25) is 14.6 Å². The molecule has 1 aliphatic rings. The largest absolute Gasteiger partial charge is 0.342 e. The van der Waals surface area contributed by atoms with Crippen LogP contribution in [0.15, 0.2) is 18.3 Å². The van der Waals surface area contributed by atoms with Gasteiger partial charge < -0.3 is 10.2 Å². The van der Waals surface area contributed by atoms with Crippen LogP contribution in [0, 0.1) is 12.8 Å². The van der Waals surface area contributed by atoms with E-state index in [1.165, 1.54) is 0 Å². The Morgan fingerprint density at radius 3 is 3.00 bits per heavy atom. The lowest BCUT2D eigenvalue weighted by Gasteiger charge is -2.32. The molecule has 0 bridgehead atoms. The number of hydrogen-bond donors (Lipinski definition) is 1. The zero-order valence-corrected chi connectivity index (χ0v) is 12.8. The van der Waals surface area contributed by atoms with Crippen molar-refractivity contribution < 1.29 is 9.59 Å². The summed E-state index contributed by atoms with van der Waals surface area (Å²) in [6, 6.07) is 3.63. The maximum Gasteiger partial charge on any atom is 0.229 e. The molecule has 2 amide bonds. The molecule has 1 N–H and O–H groups in total. The van der Waals surface area contributed by atoms with Crippen LogP contribution in [0.2, 0.25) is 0 Å². The number of hydrogen-bond acceptors (Lipinski definition) is 3. The first-order valence-corrected chi connectivity index (χ1v) is 7.61. The molecule has 0 saturated carbocycles. The van der Waals surface area contributed by atoms with Crippen molar-refractivity contribution in [2.24, 2.45) is 5.92 Å². The van der Waals surface area contributed by atoms with Crippen LogP contribution in [0.1, 0.15) is 38.3 Å². The highest BCUT2D eigenvalue weighted by Crippen LogP contribution is 2.19. The van der Waals surface area contributed by atoms with E-state index in [2.05, 4.69) is 10.3 Å². The van der Waals surface area contributed by atoms with Crippen molar-refractivity contribution in [2.45, 2.75) is 39.5 Å². The molecule has 1 fully saturated rings.